The molecule has 2 nitrogen and oxygen atoms in total. The van der Waals surface area contributed by atoms with Gasteiger partial charge in [0, 0.05) is 18.8 Å². The van der Waals surface area contributed by atoms with Crippen LogP contribution >= 0.6 is 0 Å². The average molecular weight is 266 g/mol. The van der Waals surface area contributed by atoms with E-state index in [0.717, 1.165) is 13.0 Å². The van der Waals surface area contributed by atoms with Crippen molar-refractivity contribution in [3.8, 4) is 0 Å². The zero-order valence-corrected chi connectivity index (χ0v) is 12.3. The summed E-state index contributed by atoms with van der Waals surface area (Å²) in [5, 5.41) is 0. The SMILES string of the molecule is Cc1cc(C)cc(C(CN)N2CCc3ccccc32)c1. The van der Waals surface area contributed by atoms with Gasteiger partial charge in [0.1, 0.15) is 0 Å². The van der Waals surface area contributed by atoms with E-state index < -0.39 is 0 Å². The zero-order valence-electron chi connectivity index (χ0n) is 12.3. The first-order valence-corrected chi connectivity index (χ1v) is 7.32. The Balaban J connectivity index is 1.99. The van der Waals surface area contributed by atoms with Crippen LogP contribution in [-0.2, 0) is 6.42 Å². The third-order valence-electron chi connectivity index (χ3n) is 4.15. The largest absolute Gasteiger partial charge is 0.363 e. The Labute approximate surface area is 121 Å². The molecule has 0 aliphatic carbocycles. The summed E-state index contributed by atoms with van der Waals surface area (Å²) in [6.07, 6.45) is 1.12. The Morgan fingerprint density at radius 2 is 1.80 bits per heavy atom. The molecule has 0 radical (unpaired) electrons. The van der Waals surface area contributed by atoms with Crippen molar-refractivity contribution in [2.75, 3.05) is 18.0 Å². The molecule has 1 atom stereocenters. The highest BCUT2D eigenvalue weighted by atomic mass is 15.2. The Kier molecular flexibility index (Phi) is 3.49. The van der Waals surface area contributed by atoms with Crippen LogP contribution in [0.3, 0.4) is 0 Å². The summed E-state index contributed by atoms with van der Waals surface area (Å²) in [6, 6.07) is 15.7. The molecule has 0 spiro atoms. The Morgan fingerprint density at radius 3 is 2.50 bits per heavy atom. The summed E-state index contributed by atoms with van der Waals surface area (Å²) >= 11 is 0. The van der Waals surface area contributed by atoms with Gasteiger partial charge in [0.25, 0.3) is 0 Å². The van der Waals surface area contributed by atoms with Gasteiger partial charge in [0.15, 0.2) is 0 Å². The minimum absolute atomic E-state index is 0.275. The summed E-state index contributed by atoms with van der Waals surface area (Å²) in [6.45, 7) is 6.02. The first kappa shape index (κ1) is 13.2. The number of nitrogens with two attached hydrogens (primary N) is 1. The molecule has 2 aromatic rings. The maximum Gasteiger partial charge on any atom is 0.0665 e. The topological polar surface area (TPSA) is 29.3 Å². The molecule has 0 saturated carbocycles. The maximum absolute atomic E-state index is 6.10. The number of benzene rings is 2. The van der Waals surface area contributed by atoms with E-state index in [1.54, 1.807) is 0 Å². The predicted octanol–water partition coefficient (Wildman–Crippen LogP) is 3.37. The fraction of sp³-hybridized carbons (Fsp3) is 0.333. The Hall–Kier alpha value is -1.80. The minimum atomic E-state index is 0.275. The van der Waals surface area contributed by atoms with E-state index in [1.165, 1.54) is 27.9 Å². The van der Waals surface area contributed by atoms with E-state index in [4.69, 9.17) is 5.73 Å². The zero-order chi connectivity index (χ0) is 14.1. The number of nitrogens with zero attached hydrogens (tertiary/aromatic N) is 1. The van der Waals surface area contributed by atoms with Crippen molar-refractivity contribution < 1.29 is 0 Å². The summed E-state index contributed by atoms with van der Waals surface area (Å²) in [4.78, 5) is 2.46. The molecule has 0 fully saturated rings. The van der Waals surface area contributed by atoms with Gasteiger partial charge in [0.2, 0.25) is 0 Å². The van der Waals surface area contributed by atoms with E-state index in [1.807, 2.05) is 0 Å². The second kappa shape index (κ2) is 5.29. The van der Waals surface area contributed by atoms with Gasteiger partial charge in [-0.1, -0.05) is 47.5 Å². The van der Waals surface area contributed by atoms with Gasteiger partial charge in [-0.3, -0.25) is 0 Å². The van der Waals surface area contributed by atoms with Crippen molar-refractivity contribution in [3.05, 3.63) is 64.7 Å². The Bertz CT molecular complexity index is 598. The second-order valence-corrected chi connectivity index (χ2v) is 5.74. The van der Waals surface area contributed by atoms with Crippen molar-refractivity contribution >= 4 is 5.69 Å². The number of anilines is 1. The monoisotopic (exact) mass is 266 g/mol. The lowest BCUT2D eigenvalue weighted by Gasteiger charge is -2.30. The fourth-order valence-electron chi connectivity index (χ4n) is 3.33. The van der Waals surface area contributed by atoms with E-state index in [9.17, 15) is 0 Å². The molecule has 0 saturated heterocycles. The molecule has 20 heavy (non-hydrogen) atoms. The van der Waals surface area contributed by atoms with Crippen molar-refractivity contribution in [2.45, 2.75) is 26.3 Å². The highest BCUT2D eigenvalue weighted by molar-refractivity contribution is 5.59. The van der Waals surface area contributed by atoms with Gasteiger partial charge < -0.3 is 10.6 Å². The number of hydrogen-bond acceptors (Lipinski definition) is 2. The van der Waals surface area contributed by atoms with Crippen LogP contribution in [0.1, 0.15) is 28.3 Å². The highest BCUT2D eigenvalue weighted by Crippen LogP contribution is 2.34. The third-order valence-corrected chi connectivity index (χ3v) is 4.15. The molecule has 104 valence electrons. The minimum Gasteiger partial charge on any atom is -0.363 e. The molecule has 2 N–H and O–H groups in total. The lowest BCUT2D eigenvalue weighted by atomic mass is 10.00. The average Bonchev–Trinajstić information content (AvgIpc) is 2.83. The lowest BCUT2D eigenvalue weighted by molar-refractivity contribution is 0.648. The number of hydrogen-bond donors (Lipinski definition) is 1. The van der Waals surface area contributed by atoms with E-state index in [0.29, 0.717) is 6.54 Å². The molecule has 1 unspecified atom stereocenters. The third kappa shape index (κ3) is 2.32. The molecule has 2 heteroatoms. The van der Waals surface area contributed by atoms with Crippen LogP contribution in [0, 0.1) is 13.8 Å². The predicted molar refractivity (Wildman–Crippen MR) is 85.2 cm³/mol. The summed E-state index contributed by atoms with van der Waals surface area (Å²) in [7, 11) is 0. The molecule has 2 aromatic carbocycles. The Morgan fingerprint density at radius 1 is 1.10 bits per heavy atom. The van der Waals surface area contributed by atoms with Gasteiger partial charge in [-0.2, -0.15) is 0 Å². The maximum atomic E-state index is 6.10. The first-order valence-electron chi connectivity index (χ1n) is 7.32. The van der Waals surface area contributed by atoms with E-state index in [2.05, 4.69) is 61.2 Å². The van der Waals surface area contributed by atoms with E-state index in [-0.39, 0.29) is 6.04 Å². The van der Waals surface area contributed by atoms with Gasteiger partial charge in [-0.15, -0.1) is 0 Å². The van der Waals surface area contributed by atoms with Gasteiger partial charge >= 0.3 is 0 Å². The van der Waals surface area contributed by atoms with Crippen molar-refractivity contribution in [1.29, 1.82) is 0 Å². The summed E-state index contributed by atoms with van der Waals surface area (Å²) in [5.74, 6) is 0. The van der Waals surface area contributed by atoms with Crippen LogP contribution in [0.15, 0.2) is 42.5 Å². The number of aryl methyl sites for hydroxylation is 2. The van der Waals surface area contributed by atoms with Crippen LogP contribution < -0.4 is 10.6 Å². The van der Waals surface area contributed by atoms with Crippen molar-refractivity contribution in [2.24, 2.45) is 5.73 Å². The van der Waals surface area contributed by atoms with Crippen molar-refractivity contribution in [1.82, 2.24) is 0 Å². The van der Waals surface area contributed by atoms with Crippen LogP contribution in [0.5, 0.6) is 0 Å². The normalized spacial score (nSPS) is 15.2. The lowest BCUT2D eigenvalue weighted by Crippen LogP contribution is -2.32. The molecule has 3 rings (SSSR count). The smallest absolute Gasteiger partial charge is 0.0665 e. The fourth-order valence-corrected chi connectivity index (χ4v) is 3.33. The first-order chi connectivity index (χ1) is 9.69. The molecule has 1 heterocycles. The number of rotatable bonds is 3. The molecular formula is C18H22N2. The molecule has 1 aliphatic heterocycles. The van der Waals surface area contributed by atoms with Crippen LogP contribution in [0.4, 0.5) is 5.69 Å². The number of fused-ring (bicyclic) bond motifs is 1. The second-order valence-electron chi connectivity index (χ2n) is 5.74. The molecule has 1 aliphatic rings. The van der Waals surface area contributed by atoms with Crippen LogP contribution in [0.25, 0.3) is 0 Å². The van der Waals surface area contributed by atoms with Crippen LogP contribution in [-0.4, -0.2) is 13.1 Å². The highest BCUT2D eigenvalue weighted by Gasteiger charge is 2.26. The molecule has 0 aromatic heterocycles. The standard InChI is InChI=1S/C18H22N2/c1-13-9-14(2)11-16(10-13)18(12-19)20-8-7-15-5-3-4-6-17(15)20/h3-6,9-11,18H,7-8,12,19H2,1-2H3. The number of para-hydroxylation sites is 1. The van der Waals surface area contributed by atoms with Gasteiger partial charge in [-0.05, 0) is 37.5 Å². The van der Waals surface area contributed by atoms with Crippen molar-refractivity contribution in [3.63, 3.8) is 0 Å². The van der Waals surface area contributed by atoms with Gasteiger partial charge in [0.05, 0.1) is 6.04 Å². The quantitative estimate of drug-likeness (QED) is 0.923. The van der Waals surface area contributed by atoms with E-state index >= 15 is 0 Å². The van der Waals surface area contributed by atoms with Gasteiger partial charge in [-0.25, -0.2) is 0 Å². The summed E-state index contributed by atoms with van der Waals surface area (Å²) in [5.41, 5.74) is 12.8. The van der Waals surface area contributed by atoms with Crippen LogP contribution in [0.2, 0.25) is 0 Å². The molecule has 0 amide bonds. The molecular weight excluding hydrogens is 244 g/mol. The molecule has 0 bridgehead atoms. The summed E-state index contributed by atoms with van der Waals surface area (Å²) < 4.78 is 0.